The molecule has 0 fully saturated rings. The van der Waals surface area contributed by atoms with Crippen molar-refractivity contribution in [3.63, 3.8) is 0 Å². The SMILES string of the molecule is CCOC(=O)c1[nH]c(C)c(C(=O)OCC(=O)c2ccc(C)cc2C)c1C. The van der Waals surface area contributed by atoms with Crippen LogP contribution in [0.5, 0.6) is 0 Å². The number of rotatable bonds is 6. The lowest BCUT2D eigenvalue weighted by atomic mass is 10.0. The van der Waals surface area contributed by atoms with Crippen LogP contribution in [0.3, 0.4) is 0 Å². The molecule has 0 aliphatic carbocycles. The van der Waals surface area contributed by atoms with Crippen LogP contribution in [-0.2, 0) is 9.47 Å². The molecule has 0 spiro atoms. The number of ketones is 1. The number of benzene rings is 1. The molecular weight excluding hydrogens is 334 g/mol. The second-order valence-electron chi connectivity index (χ2n) is 6.16. The van der Waals surface area contributed by atoms with Gasteiger partial charge in [-0.15, -0.1) is 0 Å². The van der Waals surface area contributed by atoms with Gasteiger partial charge in [0.2, 0.25) is 5.78 Å². The molecule has 1 heterocycles. The molecule has 1 aromatic carbocycles. The minimum absolute atomic E-state index is 0.219. The Morgan fingerprint density at radius 1 is 1.00 bits per heavy atom. The fourth-order valence-corrected chi connectivity index (χ4v) is 2.87. The molecule has 1 aromatic heterocycles. The van der Waals surface area contributed by atoms with Crippen LogP contribution in [0.15, 0.2) is 18.2 Å². The zero-order valence-electron chi connectivity index (χ0n) is 15.7. The van der Waals surface area contributed by atoms with E-state index in [1.165, 1.54) is 0 Å². The van der Waals surface area contributed by atoms with Gasteiger partial charge in [0, 0.05) is 11.3 Å². The quantitative estimate of drug-likeness (QED) is 0.632. The molecule has 26 heavy (non-hydrogen) atoms. The van der Waals surface area contributed by atoms with Crippen LogP contribution < -0.4 is 0 Å². The molecule has 6 heteroatoms. The van der Waals surface area contributed by atoms with E-state index in [9.17, 15) is 14.4 Å². The number of nitrogens with one attached hydrogen (secondary N) is 1. The fraction of sp³-hybridized carbons (Fsp3) is 0.350. The lowest BCUT2D eigenvalue weighted by Crippen LogP contribution is -2.16. The summed E-state index contributed by atoms with van der Waals surface area (Å²) in [5.74, 6) is -1.45. The Kier molecular flexibility index (Phi) is 5.97. The van der Waals surface area contributed by atoms with E-state index in [2.05, 4.69) is 4.98 Å². The van der Waals surface area contributed by atoms with Crippen LogP contribution in [0.2, 0.25) is 0 Å². The molecule has 0 bridgehead atoms. The maximum Gasteiger partial charge on any atom is 0.355 e. The van der Waals surface area contributed by atoms with Gasteiger partial charge in [0.25, 0.3) is 0 Å². The summed E-state index contributed by atoms with van der Waals surface area (Å²) in [4.78, 5) is 39.5. The first-order chi connectivity index (χ1) is 12.3. The molecule has 0 amide bonds. The van der Waals surface area contributed by atoms with Gasteiger partial charge in [-0.3, -0.25) is 4.79 Å². The van der Waals surface area contributed by atoms with Gasteiger partial charge in [-0.05, 0) is 45.7 Å². The summed E-state index contributed by atoms with van der Waals surface area (Å²) >= 11 is 0. The van der Waals surface area contributed by atoms with Crippen LogP contribution in [0.4, 0.5) is 0 Å². The van der Waals surface area contributed by atoms with Crippen molar-refractivity contribution in [1.82, 2.24) is 4.98 Å². The summed E-state index contributed by atoms with van der Waals surface area (Å²) in [6.07, 6.45) is 0. The highest BCUT2D eigenvalue weighted by molar-refractivity contribution is 6.02. The van der Waals surface area contributed by atoms with Gasteiger partial charge >= 0.3 is 11.9 Å². The molecule has 0 aliphatic heterocycles. The molecule has 6 nitrogen and oxygen atoms in total. The molecule has 0 radical (unpaired) electrons. The first-order valence-electron chi connectivity index (χ1n) is 8.40. The highest BCUT2D eigenvalue weighted by atomic mass is 16.5. The zero-order chi connectivity index (χ0) is 19.4. The van der Waals surface area contributed by atoms with Gasteiger partial charge in [-0.2, -0.15) is 0 Å². The number of aromatic nitrogens is 1. The Hall–Kier alpha value is -2.89. The monoisotopic (exact) mass is 357 g/mol. The maximum absolute atomic E-state index is 12.4. The molecule has 1 N–H and O–H groups in total. The fourth-order valence-electron chi connectivity index (χ4n) is 2.87. The van der Waals surface area contributed by atoms with E-state index >= 15 is 0 Å². The summed E-state index contributed by atoms with van der Waals surface area (Å²) in [7, 11) is 0. The van der Waals surface area contributed by atoms with Crippen LogP contribution in [0, 0.1) is 27.7 Å². The first-order valence-corrected chi connectivity index (χ1v) is 8.40. The van der Waals surface area contributed by atoms with E-state index in [4.69, 9.17) is 9.47 Å². The second kappa shape index (κ2) is 7.99. The Labute approximate surface area is 152 Å². The Morgan fingerprint density at radius 2 is 1.69 bits per heavy atom. The van der Waals surface area contributed by atoms with Crippen LogP contribution >= 0.6 is 0 Å². The largest absolute Gasteiger partial charge is 0.461 e. The molecule has 2 aromatic rings. The summed E-state index contributed by atoms with van der Waals surface area (Å²) in [5.41, 5.74) is 3.84. The predicted octanol–water partition coefficient (Wildman–Crippen LogP) is 3.46. The topological polar surface area (TPSA) is 85.5 Å². The number of H-pyrrole nitrogens is 1. The Bertz CT molecular complexity index is 863. The number of aromatic amines is 1. The smallest absolute Gasteiger partial charge is 0.355 e. The molecule has 2 rings (SSSR count). The van der Waals surface area contributed by atoms with Crippen LogP contribution in [-0.4, -0.2) is 35.9 Å². The van der Waals surface area contributed by atoms with Gasteiger partial charge in [-0.25, -0.2) is 9.59 Å². The van der Waals surface area contributed by atoms with Crippen molar-refractivity contribution in [1.29, 1.82) is 0 Å². The number of carbonyl (C=O) groups is 3. The first kappa shape index (κ1) is 19.4. The van der Waals surface area contributed by atoms with Gasteiger partial charge in [-0.1, -0.05) is 23.8 Å². The number of hydrogen-bond acceptors (Lipinski definition) is 5. The van der Waals surface area contributed by atoms with Gasteiger partial charge < -0.3 is 14.5 Å². The van der Waals surface area contributed by atoms with Crippen molar-refractivity contribution in [3.8, 4) is 0 Å². The maximum atomic E-state index is 12.4. The van der Waals surface area contributed by atoms with E-state index in [0.29, 0.717) is 16.8 Å². The number of carbonyl (C=O) groups excluding carboxylic acids is 3. The van der Waals surface area contributed by atoms with Crippen molar-refractivity contribution in [2.75, 3.05) is 13.2 Å². The van der Waals surface area contributed by atoms with E-state index in [-0.39, 0.29) is 30.3 Å². The van der Waals surface area contributed by atoms with Crippen molar-refractivity contribution in [2.45, 2.75) is 34.6 Å². The number of Topliss-reactive ketones (excluding diaryl/α,β-unsaturated/α-hetero) is 1. The van der Waals surface area contributed by atoms with E-state index in [1.807, 2.05) is 26.0 Å². The minimum atomic E-state index is -0.648. The van der Waals surface area contributed by atoms with Gasteiger partial charge in [0.05, 0.1) is 12.2 Å². The van der Waals surface area contributed by atoms with Crippen molar-refractivity contribution >= 4 is 17.7 Å². The summed E-state index contributed by atoms with van der Waals surface area (Å²) in [6.45, 7) is 8.67. The van der Waals surface area contributed by atoms with Gasteiger partial charge in [0.15, 0.2) is 6.61 Å². The lowest BCUT2D eigenvalue weighted by Gasteiger charge is -2.08. The average molecular weight is 357 g/mol. The van der Waals surface area contributed by atoms with E-state index < -0.39 is 11.9 Å². The van der Waals surface area contributed by atoms with Crippen molar-refractivity contribution < 1.29 is 23.9 Å². The number of hydrogen-bond donors (Lipinski definition) is 1. The third-order valence-corrected chi connectivity index (χ3v) is 4.14. The highest BCUT2D eigenvalue weighted by Gasteiger charge is 2.24. The number of aryl methyl sites for hydroxylation is 3. The summed E-state index contributed by atoms with van der Waals surface area (Å²) in [6, 6.07) is 5.47. The van der Waals surface area contributed by atoms with E-state index in [1.54, 1.807) is 26.8 Å². The molecule has 138 valence electrons. The number of ether oxygens (including phenoxy) is 2. The minimum Gasteiger partial charge on any atom is -0.461 e. The Balaban J connectivity index is 2.13. The summed E-state index contributed by atoms with van der Waals surface area (Å²) in [5, 5.41) is 0. The third kappa shape index (κ3) is 4.02. The number of esters is 2. The average Bonchev–Trinajstić information content (AvgIpc) is 2.87. The van der Waals surface area contributed by atoms with Crippen LogP contribution in [0.1, 0.15) is 60.5 Å². The normalized spacial score (nSPS) is 10.5. The molecule has 0 aliphatic rings. The van der Waals surface area contributed by atoms with Gasteiger partial charge in [0.1, 0.15) is 5.69 Å². The lowest BCUT2D eigenvalue weighted by molar-refractivity contribution is 0.0473. The standard InChI is InChI=1S/C20H23NO5/c1-6-25-20(24)18-13(4)17(14(5)21-18)19(23)26-10-16(22)15-8-7-11(2)9-12(15)3/h7-9,21H,6,10H2,1-5H3. The second-order valence-corrected chi connectivity index (χ2v) is 6.16. The zero-order valence-corrected chi connectivity index (χ0v) is 15.7. The van der Waals surface area contributed by atoms with Crippen molar-refractivity contribution in [3.05, 3.63) is 57.4 Å². The molecule has 0 saturated heterocycles. The van der Waals surface area contributed by atoms with Crippen molar-refractivity contribution in [2.24, 2.45) is 0 Å². The molecular formula is C20H23NO5. The predicted molar refractivity (Wildman–Crippen MR) is 96.8 cm³/mol. The van der Waals surface area contributed by atoms with Crippen LogP contribution in [0.25, 0.3) is 0 Å². The summed E-state index contributed by atoms with van der Waals surface area (Å²) < 4.78 is 10.1. The third-order valence-electron chi connectivity index (χ3n) is 4.14. The molecule has 0 saturated carbocycles. The van der Waals surface area contributed by atoms with E-state index in [0.717, 1.165) is 11.1 Å². The molecule has 0 unspecified atom stereocenters. The highest BCUT2D eigenvalue weighted by Crippen LogP contribution is 2.20. The molecule has 0 atom stereocenters. The Morgan fingerprint density at radius 3 is 2.31 bits per heavy atom.